The molecule has 186 valence electrons. The summed E-state index contributed by atoms with van der Waals surface area (Å²) in [6.07, 6.45) is 8.16. The maximum Gasteiger partial charge on any atom is 0.311 e. The average molecular weight is 497 g/mol. The van der Waals surface area contributed by atoms with Gasteiger partial charge in [-0.1, -0.05) is 48.6 Å². The van der Waals surface area contributed by atoms with Crippen LogP contribution in [-0.2, 0) is 25.5 Å². The molecule has 4 aliphatic rings. The first-order valence-corrected chi connectivity index (χ1v) is 13.0. The Morgan fingerprint density at radius 3 is 2.51 bits per heavy atom. The summed E-state index contributed by atoms with van der Waals surface area (Å²) < 4.78 is 3.87. The van der Waals surface area contributed by atoms with Gasteiger partial charge < -0.3 is 19.6 Å². The van der Waals surface area contributed by atoms with E-state index in [-0.39, 0.29) is 31.1 Å². The molecule has 1 unspecified atom stereocenters. The Balaban J connectivity index is 1.65. The molecule has 0 aliphatic carbocycles. The molecule has 4 heterocycles. The second kappa shape index (κ2) is 8.82. The number of hydrogen-bond acceptors (Lipinski definition) is 6. The number of carbonyl (C=O) groups excluding carboxylic acids is 3. The van der Waals surface area contributed by atoms with Crippen molar-refractivity contribution in [2.75, 3.05) is 19.8 Å². The number of hydrogen-bond donors (Lipinski definition) is 1. The van der Waals surface area contributed by atoms with Crippen LogP contribution in [0.3, 0.4) is 0 Å². The number of rotatable bonds is 5. The van der Waals surface area contributed by atoms with Crippen LogP contribution in [0.15, 0.2) is 54.6 Å². The lowest BCUT2D eigenvalue weighted by Gasteiger charge is -2.40. The lowest BCUT2D eigenvalue weighted by Crippen LogP contribution is -2.58. The molecule has 0 aromatic heterocycles. The molecule has 4 aliphatic heterocycles. The van der Waals surface area contributed by atoms with Crippen molar-refractivity contribution in [2.24, 2.45) is 11.8 Å². The molecule has 2 saturated heterocycles. The van der Waals surface area contributed by atoms with E-state index >= 15 is 0 Å². The Bertz CT molecular complexity index is 1090. The monoisotopic (exact) mass is 496 g/mol. The minimum Gasteiger partial charge on any atom is -0.461 e. The summed E-state index contributed by atoms with van der Waals surface area (Å²) in [6, 6.07) is 8.19. The maximum absolute atomic E-state index is 14.3. The first-order chi connectivity index (χ1) is 16.7. The highest BCUT2D eigenvalue weighted by Gasteiger charge is 2.74. The molecule has 6 atom stereocenters. The van der Waals surface area contributed by atoms with Gasteiger partial charge in [-0.05, 0) is 38.8 Å². The van der Waals surface area contributed by atoms with Crippen LogP contribution in [0, 0.1) is 11.8 Å². The second-order valence-corrected chi connectivity index (χ2v) is 12.1. The van der Waals surface area contributed by atoms with E-state index in [0.29, 0.717) is 13.0 Å². The van der Waals surface area contributed by atoms with E-state index in [9.17, 15) is 19.5 Å². The zero-order valence-corrected chi connectivity index (χ0v) is 21.1. The number of cyclic esters (lactones) is 1. The number of fused-ring (bicyclic) bond motifs is 2. The van der Waals surface area contributed by atoms with Crippen LogP contribution in [0.25, 0.3) is 0 Å². The van der Waals surface area contributed by atoms with Crippen LogP contribution >= 0.6 is 11.8 Å². The van der Waals surface area contributed by atoms with Crippen molar-refractivity contribution >= 4 is 29.5 Å². The highest BCUT2D eigenvalue weighted by atomic mass is 32.2. The van der Waals surface area contributed by atoms with Crippen molar-refractivity contribution in [2.45, 2.75) is 54.8 Å². The van der Waals surface area contributed by atoms with Gasteiger partial charge in [0.1, 0.15) is 12.6 Å². The molecule has 0 bridgehead atoms. The summed E-state index contributed by atoms with van der Waals surface area (Å²) in [5.41, 5.74) is 0.970. The van der Waals surface area contributed by atoms with Crippen LogP contribution in [-0.4, -0.2) is 80.1 Å². The highest BCUT2D eigenvalue weighted by molar-refractivity contribution is 8.02. The van der Waals surface area contributed by atoms with Crippen molar-refractivity contribution in [1.29, 1.82) is 0 Å². The van der Waals surface area contributed by atoms with Gasteiger partial charge >= 0.3 is 5.97 Å². The van der Waals surface area contributed by atoms with Gasteiger partial charge in [-0.3, -0.25) is 14.4 Å². The van der Waals surface area contributed by atoms with E-state index in [0.717, 1.165) is 5.56 Å². The number of aliphatic hydroxyl groups is 1. The molecule has 1 aromatic carbocycles. The van der Waals surface area contributed by atoms with E-state index in [1.165, 1.54) is 11.8 Å². The summed E-state index contributed by atoms with van der Waals surface area (Å²) in [7, 11) is 0. The third-order valence-corrected chi connectivity index (χ3v) is 9.62. The minimum atomic E-state index is -0.929. The number of thioether (sulfide) groups is 1. The SMILES string of the molecule is CC(C)N1CC=C[C@]23S[C@]4(C)C=CCOC(=O)[C@@H]4[C@H]2C(=O)N([C@@H](CO)Cc2ccccc2)C3C1=O. The fourth-order valence-electron chi connectivity index (χ4n) is 6.31. The summed E-state index contributed by atoms with van der Waals surface area (Å²) in [5, 5.41) is 10.5. The Kier molecular flexibility index (Phi) is 6.08. The zero-order chi connectivity index (χ0) is 25.0. The number of likely N-dealkylation sites (tertiary alicyclic amines) is 1. The van der Waals surface area contributed by atoms with Gasteiger partial charge in [-0.15, -0.1) is 11.8 Å². The number of nitrogens with zero attached hydrogens (tertiary/aromatic N) is 2. The second-order valence-electron chi connectivity index (χ2n) is 10.3. The van der Waals surface area contributed by atoms with E-state index in [1.807, 2.05) is 75.4 Å². The van der Waals surface area contributed by atoms with E-state index < -0.39 is 39.4 Å². The molecule has 2 amide bonds. The Labute approximate surface area is 210 Å². The third-order valence-electron chi connectivity index (χ3n) is 7.82. The predicted molar refractivity (Wildman–Crippen MR) is 133 cm³/mol. The molecule has 8 heteroatoms. The van der Waals surface area contributed by atoms with E-state index in [2.05, 4.69) is 0 Å². The molecule has 1 spiro atoms. The Hall–Kier alpha value is -2.58. The van der Waals surface area contributed by atoms with E-state index in [1.54, 1.807) is 9.80 Å². The average Bonchev–Trinajstić information content (AvgIpc) is 3.09. The van der Waals surface area contributed by atoms with Gasteiger partial charge in [-0.2, -0.15) is 0 Å². The van der Waals surface area contributed by atoms with Gasteiger partial charge in [0.05, 0.1) is 29.2 Å². The molecule has 0 saturated carbocycles. The van der Waals surface area contributed by atoms with Crippen LogP contribution < -0.4 is 0 Å². The van der Waals surface area contributed by atoms with Gasteiger partial charge in [0.2, 0.25) is 11.8 Å². The molecule has 7 nitrogen and oxygen atoms in total. The molecule has 1 N–H and O–H groups in total. The standard InChI is InChI=1S/C27H32N2O5S/c1-17(2)28-13-7-12-27-20(21-25(33)34-14-8-11-26(21,3)35-27)23(31)29(22(27)24(28)32)19(16-30)15-18-9-5-4-6-10-18/h4-12,17,19-22,30H,13-16H2,1-3H3/t19-,20+,21+,22?,26-,27+/m1/s1. The van der Waals surface area contributed by atoms with Crippen molar-refractivity contribution in [3.8, 4) is 0 Å². The van der Waals surface area contributed by atoms with E-state index in [4.69, 9.17) is 4.74 Å². The van der Waals surface area contributed by atoms with Crippen LogP contribution in [0.4, 0.5) is 0 Å². The Morgan fingerprint density at radius 1 is 1.09 bits per heavy atom. The number of ether oxygens (including phenoxy) is 1. The van der Waals surface area contributed by atoms with Crippen LogP contribution in [0.2, 0.25) is 0 Å². The van der Waals surface area contributed by atoms with Crippen LogP contribution in [0.5, 0.6) is 0 Å². The quantitative estimate of drug-likeness (QED) is 0.497. The van der Waals surface area contributed by atoms with Crippen molar-refractivity contribution in [1.82, 2.24) is 9.80 Å². The summed E-state index contributed by atoms with van der Waals surface area (Å²) in [4.78, 5) is 45.0. The zero-order valence-electron chi connectivity index (χ0n) is 20.3. The van der Waals surface area contributed by atoms with Gasteiger partial charge in [0.25, 0.3) is 0 Å². The Morgan fingerprint density at radius 2 is 1.83 bits per heavy atom. The van der Waals surface area contributed by atoms with Crippen molar-refractivity contribution in [3.63, 3.8) is 0 Å². The van der Waals surface area contributed by atoms with Gasteiger partial charge in [-0.25, -0.2) is 0 Å². The molecule has 5 rings (SSSR count). The molecule has 2 fully saturated rings. The first-order valence-electron chi connectivity index (χ1n) is 12.2. The fourth-order valence-corrected chi connectivity index (χ4v) is 8.45. The summed E-state index contributed by atoms with van der Waals surface area (Å²) in [6.45, 7) is 6.22. The topological polar surface area (TPSA) is 87.2 Å². The predicted octanol–water partition coefficient (Wildman–Crippen LogP) is 2.20. The fraction of sp³-hybridized carbons (Fsp3) is 0.519. The summed E-state index contributed by atoms with van der Waals surface area (Å²) >= 11 is 1.52. The smallest absolute Gasteiger partial charge is 0.311 e. The van der Waals surface area contributed by atoms with Gasteiger partial charge in [0, 0.05) is 17.3 Å². The third kappa shape index (κ3) is 3.64. The molecular weight excluding hydrogens is 464 g/mol. The first kappa shape index (κ1) is 24.1. The minimum absolute atomic E-state index is 0.0580. The number of esters is 1. The van der Waals surface area contributed by atoms with Crippen LogP contribution in [0.1, 0.15) is 26.3 Å². The largest absolute Gasteiger partial charge is 0.461 e. The molecule has 0 radical (unpaired) electrons. The van der Waals surface area contributed by atoms with Crippen molar-refractivity contribution < 1.29 is 24.2 Å². The number of carbonyl (C=O) groups is 3. The van der Waals surface area contributed by atoms with Crippen molar-refractivity contribution in [3.05, 3.63) is 60.2 Å². The molecule has 35 heavy (non-hydrogen) atoms. The number of benzene rings is 1. The number of aliphatic hydroxyl groups excluding tert-OH is 1. The number of amides is 2. The molecule has 1 aromatic rings. The normalized spacial score (nSPS) is 34.9. The lowest BCUT2D eigenvalue weighted by molar-refractivity contribution is -0.153. The highest BCUT2D eigenvalue weighted by Crippen LogP contribution is 2.65. The maximum atomic E-state index is 14.3. The molecular formula is C27H32N2O5S. The van der Waals surface area contributed by atoms with Gasteiger partial charge in [0.15, 0.2) is 0 Å². The summed E-state index contributed by atoms with van der Waals surface area (Å²) in [5.74, 6) is -2.28. The lowest BCUT2D eigenvalue weighted by atomic mass is 9.75.